The van der Waals surface area contributed by atoms with Crippen molar-refractivity contribution >= 4 is 22.6 Å². The van der Waals surface area contributed by atoms with E-state index in [9.17, 15) is 0 Å². The van der Waals surface area contributed by atoms with Gasteiger partial charge >= 0.3 is 0 Å². The van der Waals surface area contributed by atoms with Crippen LogP contribution in [0.5, 0.6) is 0 Å². The van der Waals surface area contributed by atoms with Gasteiger partial charge in [0.05, 0.1) is 0 Å². The average Bonchev–Trinajstić information content (AvgIpc) is 2.26. The van der Waals surface area contributed by atoms with E-state index < -0.39 is 0 Å². The lowest BCUT2D eigenvalue weighted by Gasteiger charge is -2.15. The molecule has 1 aliphatic rings. The normalized spacial score (nSPS) is 19.4. The molecule has 1 rings (SSSR count). The van der Waals surface area contributed by atoms with Crippen molar-refractivity contribution in [3.63, 3.8) is 0 Å². The van der Waals surface area contributed by atoms with Gasteiger partial charge in [-0.2, -0.15) is 0 Å². The van der Waals surface area contributed by atoms with Gasteiger partial charge in [-0.1, -0.05) is 31.2 Å². The molecule has 0 nitrogen and oxygen atoms in total. The summed E-state index contributed by atoms with van der Waals surface area (Å²) in [4.78, 5) is 0. The summed E-state index contributed by atoms with van der Waals surface area (Å²) in [5, 5.41) is 0. The van der Waals surface area contributed by atoms with Crippen LogP contribution in [0.2, 0.25) is 0 Å². The molecule has 14 heavy (non-hydrogen) atoms. The predicted molar refractivity (Wildman–Crippen MR) is 72.6 cm³/mol. The summed E-state index contributed by atoms with van der Waals surface area (Å²) in [5.41, 5.74) is 1.54. The van der Waals surface area contributed by atoms with Gasteiger partial charge in [0, 0.05) is 0 Å². The highest BCUT2D eigenvalue weighted by molar-refractivity contribution is 14.1. The van der Waals surface area contributed by atoms with Crippen LogP contribution in [0.1, 0.15) is 39.5 Å². The first kappa shape index (κ1) is 12.0. The van der Waals surface area contributed by atoms with E-state index >= 15 is 0 Å². The maximum absolute atomic E-state index is 2.43. The third-order valence-corrected chi connectivity index (χ3v) is 3.88. The van der Waals surface area contributed by atoms with Crippen LogP contribution in [-0.4, -0.2) is 0 Å². The Kier molecular flexibility index (Phi) is 5.53. The van der Waals surface area contributed by atoms with Crippen LogP contribution >= 0.6 is 22.6 Å². The summed E-state index contributed by atoms with van der Waals surface area (Å²) in [5.74, 6) is 0.719. The molecule has 0 bridgehead atoms. The maximum Gasteiger partial charge on any atom is -0.0136 e. The van der Waals surface area contributed by atoms with Gasteiger partial charge < -0.3 is 0 Å². The lowest BCUT2D eigenvalue weighted by molar-refractivity contribution is 0.626. The molecule has 0 saturated heterocycles. The average molecular weight is 302 g/mol. The standard InChI is InChI=1S/C13H19I/c1-3-13(14)10-9-11(2)12-7-5-4-6-8-12/h3,5,7-8,11H,4,6,9-10H2,1-2H3/b13-3+. The zero-order valence-corrected chi connectivity index (χ0v) is 11.3. The van der Waals surface area contributed by atoms with Crippen molar-refractivity contribution in [1.82, 2.24) is 0 Å². The first-order chi connectivity index (χ1) is 6.74. The van der Waals surface area contributed by atoms with Crippen LogP contribution in [0.15, 0.2) is 33.5 Å². The fraction of sp³-hybridized carbons (Fsp3) is 0.538. The van der Waals surface area contributed by atoms with E-state index in [1.807, 2.05) is 0 Å². The fourth-order valence-electron chi connectivity index (χ4n) is 1.66. The highest BCUT2D eigenvalue weighted by Gasteiger charge is 2.07. The Labute approximate surface area is 101 Å². The minimum Gasteiger partial charge on any atom is -0.0840 e. The first-order valence-electron chi connectivity index (χ1n) is 5.41. The van der Waals surface area contributed by atoms with Gasteiger partial charge in [-0.05, 0) is 70.3 Å². The topological polar surface area (TPSA) is 0 Å². The summed E-state index contributed by atoms with van der Waals surface area (Å²) in [7, 11) is 0. The predicted octanol–water partition coefficient (Wildman–Crippen LogP) is 5.02. The first-order valence-corrected chi connectivity index (χ1v) is 6.49. The Bertz CT molecular complexity index is 258. The molecular weight excluding hydrogens is 283 g/mol. The molecule has 1 heteroatoms. The molecule has 0 saturated carbocycles. The Hall–Kier alpha value is -0.0500. The molecule has 0 aromatic carbocycles. The highest BCUT2D eigenvalue weighted by atomic mass is 127. The summed E-state index contributed by atoms with van der Waals surface area (Å²) in [6, 6.07) is 0. The number of hydrogen-bond donors (Lipinski definition) is 0. The van der Waals surface area contributed by atoms with Gasteiger partial charge in [0.2, 0.25) is 0 Å². The maximum atomic E-state index is 2.43. The van der Waals surface area contributed by atoms with Crippen LogP contribution in [0, 0.1) is 5.92 Å². The van der Waals surface area contributed by atoms with E-state index in [-0.39, 0.29) is 0 Å². The second kappa shape index (κ2) is 6.44. The van der Waals surface area contributed by atoms with E-state index in [0.29, 0.717) is 0 Å². The second-order valence-electron chi connectivity index (χ2n) is 3.86. The number of allylic oxidation sites excluding steroid dienone is 6. The molecule has 0 fully saturated rings. The van der Waals surface area contributed by atoms with Gasteiger partial charge in [0.15, 0.2) is 0 Å². The van der Waals surface area contributed by atoms with Gasteiger partial charge in [0.25, 0.3) is 0 Å². The molecule has 0 heterocycles. The molecule has 78 valence electrons. The molecule has 0 aromatic heterocycles. The van der Waals surface area contributed by atoms with Crippen LogP contribution in [0.3, 0.4) is 0 Å². The molecule has 0 aliphatic heterocycles. The molecule has 0 radical (unpaired) electrons. The lowest BCUT2D eigenvalue weighted by atomic mass is 9.92. The molecule has 1 atom stereocenters. The van der Waals surface area contributed by atoms with Gasteiger partial charge in [-0.3, -0.25) is 0 Å². The van der Waals surface area contributed by atoms with Crippen molar-refractivity contribution in [3.05, 3.63) is 33.5 Å². The fourth-order valence-corrected chi connectivity index (χ4v) is 1.98. The zero-order valence-electron chi connectivity index (χ0n) is 9.09. The minimum absolute atomic E-state index is 0.719. The van der Waals surface area contributed by atoms with Crippen molar-refractivity contribution in [2.75, 3.05) is 0 Å². The second-order valence-corrected chi connectivity index (χ2v) is 5.24. The van der Waals surface area contributed by atoms with E-state index in [2.05, 4.69) is 60.7 Å². The van der Waals surface area contributed by atoms with Crippen LogP contribution in [0.25, 0.3) is 0 Å². The monoisotopic (exact) mass is 302 g/mol. The summed E-state index contributed by atoms with van der Waals surface area (Å²) in [6.07, 6.45) is 14.2. The molecule has 0 aromatic rings. The molecule has 1 unspecified atom stereocenters. The van der Waals surface area contributed by atoms with Crippen LogP contribution in [0.4, 0.5) is 0 Å². The number of halogens is 1. The van der Waals surface area contributed by atoms with Gasteiger partial charge in [-0.25, -0.2) is 0 Å². The number of hydrogen-bond acceptors (Lipinski definition) is 0. The Morgan fingerprint density at radius 3 is 2.93 bits per heavy atom. The van der Waals surface area contributed by atoms with E-state index in [0.717, 1.165) is 5.92 Å². The molecule has 1 aliphatic carbocycles. The number of rotatable bonds is 4. The van der Waals surface area contributed by atoms with Gasteiger partial charge in [-0.15, -0.1) is 0 Å². The summed E-state index contributed by atoms with van der Waals surface area (Å²) < 4.78 is 1.48. The van der Waals surface area contributed by atoms with E-state index in [1.54, 1.807) is 0 Å². The largest absolute Gasteiger partial charge is 0.0840 e. The quantitative estimate of drug-likeness (QED) is 0.640. The zero-order chi connectivity index (χ0) is 10.4. The van der Waals surface area contributed by atoms with Crippen molar-refractivity contribution in [2.45, 2.75) is 39.5 Å². The van der Waals surface area contributed by atoms with Crippen molar-refractivity contribution in [3.8, 4) is 0 Å². The van der Waals surface area contributed by atoms with E-state index in [4.69, 9.17) is 0 Å². The van der Waals surface area contributed by atoms with Crippen molar-refractivity contribution in [2.24, 2.45) is 5.92 Å². The van der Waals surface area contributed by atoms with Crippen LogP contribution in [-0.2, 0) is 0 Å². The summed E-state index contributed by atoms with van der Waals surface area (Å²) in [6.45, 7) is 4.45. The van der Waals surface area contributed by atoms with Gasteiger partial charge in [0.1, 0.15) is 0 Å². The van der Waals surface area contributed by atoms with Crippen molar-refractivity contribution in [1.29, 1.82) is 0 Å². The lowest BCUT2D eigenvalue weighted by Crippen LogP contribution is -1.99. The van der Waals surface area contributed by atoms with E-state index in [1.165, 1.54) is 34.8 Å². The SMILES string of the molecule is C/C=C(/I)CCC(C)C1=CCCC=C1. The molecular formula is C13H19I. The van der Waals surface area contributed by atoms with Crippen molar-refractivity contribution < 1.29 is 0 Å². The molecule has 0 N–H and O–H groups in total. The third-order valence-electron chi connectivity index (χ3n) is 2.72. The Morgan fingerprint density at radius 2 is 2.36 bits per heavy atom. The third kappa shape index (κ3) is 3.99. The molecule has 0 amide bonds. The minimum atomic E-state index is 0.719. The smallest absolute Gasteiger partial charge is 0.0136 e. The highest BCUT2D eigenvalue weighted by Crippen LogP contribution is 2.25. The van der Waals surface area contributed by atoms with Crippen LogP contribution < -0.4 is 0 Å². The summed E-state index contributed by atoms with van der Waals surface area (Å²) >= 11 is 2.43. The Balaban J connectivity index is 2.38. The Morgan fingerprint density at radius 1 is 1.57 bits per heavy atom. The molecule has 0 spiro atoms.